The first-order valence-electron chi connectivity index (χ1n) is 6.91. The van der Waals surface area contributed by atoms with E-state index >= 15 is 0 Å². The molecule has 0 saturated heterocycles. The van der Waals surface area contributed by atoms with E-state index in [0.29, 0.717) is 27.6 Å². The summed E-state index contributed by atoms with van der Waals surface area (Å²) in [5.74, 6) is -0.610. The molecular weight excluding hydrogens is 334 g/mol. The lowest BCUT2D eigenvalue weighted by Gasteiger charge is -2.05. The molecule has 0 unspecified atom stereocenters. The van der Waals surface area contributed by atoms with E-state index in [-0.39, 0.29) is 12.3 Å². The smallest absolute Gasteiger partial charge is 0.210 e. The summed E-state index contributed by atoms with van der Waals surface area (Å²) in [6.07, 6.45) is 1.94. The Balaban J connectivity index is 1.88. The van der Waals surface area contributed by atoms with Crippen LogP contribution in [0.25, 0.3) is 6.08 Å². The predicted molar refractivity (Wildman–Crippen MR) is 85.8 cm³/mol. The molecular formula is C15H12N3O3S2-. The molecule has 118 valence electrons. The zero-order valence-corrected chi connectivity index (χ0v) is 13.6. The number of carboxylic acids is 1. The lowest BCUT2D eigenvalue weighted by atomic mass is 10.3. The summed E-state index contributed by atoms with van der Waals surface area (Å²) in [4.78, 5) is 19.8. The Morgan fingerprint density at radius 1 is 1.35 bits per heavy atom. The Morgan fingerprint density at radius 3 is 2.61 bits per heavy atom. The van der Waals surface area contributed by atoms with Crippen molar-refractivity contribution in [2.24, 2.45) is 9.98 Å². The highest BCUT2D eigenvalue weighted by Gasteiger charge is 2.12. The van der Waals surface area contributed by atoms with Crippen molar-refractivity contribution in [2.75, 3.05) is 0 Å². The van der Waals surface area contributed by atoms with Crippen LogP contribution in [0.3, 0.4) is 0 Å². The second-order valence-corrected chi connectivity index (χ2v) is 6.57. The number of para-hydroxylation sites is 2. The number of aromatic nitrogens is 1. The Hall–Kier alpha value is -2.32. The van der Waals surface area contributed by atoms with Gasteiger partial charge in [-0.3, -0.25) is 4.57 Å². The summed E-state index contributed by atoms with van der Waals surface area (Å²) in [7, 11) is 0. The van der Waals surface area contributed by atoms with E-state index in [1.165, 1.54) is 15.9 Å². The van der Waals surface area contributed by atoms with Crippen LogP contribution in [0.2, 0.25) is 0 Å². The molecule has 0 radical (unpaired) electrons. The fourth-order valence-corrected chi connectivity index (χ4v) is 3.48. The quantitative estimate of drug-likeness (QED) is 0.810. The van der Waals surface area contributed by atoms with Crippen LogP contribution in [0.4, 0.5) is 0 Å². The molecule has 1 aliphatic rings. The summed E-state index contributed by atoms with van der Waals surface area (Å²) >= 11 is 6.45. The van der Waals surface area contributed by atoms with Crippen molar-refractivity contribution < 1.29 is 15.0 Å². The average molecular weight is 346 g/mol. The van der Waals surface area contributed by atoms with Gasteiger partial charge in [0, 0.05) is 18.6 Å². The molecule has 3 rings (SSSR count). The largest absolute Gasteiger partial charge is 0.550 e. The van der Waals surface area contributed by atoms with E-state index in [4.69, 9.17) is 12.2 Å². The van der Waals surface area contributed by atoms with Crippen molar-refractivity contribution in [2.45, 2.75) is 19.4 Å². The molecule has 0 aliphatic carbocycles. The number of aromatic hydroxyl groups is 1. The minimum atomic E-state index is -1.12. The van der Waals surface area contributed by atoms with Gasteiger partial charge in [0.15, 0.2) is 9.78 Å². The molecule has 1 aliphatic heterocycles. The highest BCUT2D eigenvalue weighted by atomic mass is 32.1. The molecule has 0 atom stereocenters. The lowest BCUT2D eigenvalue weighted by molar-refractivity contribution is -0.305. The first-order chi connectivity index (χ1) is 11.0. The third-order valence-electron chi connectivity index (χ3n) is 3.27. The molecule has 0 bridgehead atoms. The van der Waals surface area contributed by atoms with Crippen molar-refractivity contribution in [3.05, 3.63) is 49.6 Å². The number of thiazole rings is 1. The van der Waals surface area contributed by atoms with Crippen LogP contribution >= 0.6 is 23.6 Å². The van der Waals surface area contributed by atoms with Crippen LogP contribution in [0.15, 0.2) is 40.1 Å². The molecule has 1 aromatic heterocycles. The number of carboxylic acid groups (broad SMARTS) is 1. The number of hydrogen-bond acceptors (Lipinski definition) is 7. The highest BCUT2D eigenvalue weighted by molar-refractivity contribution is 7.73. The monoisotopic (exact) mass is 346 g/mol. The molecule has 2 aromatic rings. The van der Waals surface area contributed by atoms with Gasteiger partial charge < -0.3 is 15.0 Å². The fourth-order valence-electron chi connectivity index (χ4n) is 2.19. The number of carbonyl (C=O) groups excluding carboxylic acids is 1. The van der Waals surface area contributed by atoms with Crippen molar-refractivity contribution >= 4 is 35.6 Å². The average Bonchev–Trinajstić information content (AvgIpc) is 3.02. The molecule has 23 heavy (non-hydrogen) atoms. The number of nitrogens with zero attached hydrogens (tertiary/aromatic N) is 3. The van der Waals surface area contributed by atoms with Gasteiger partial charge in [0.1, 0.15) is 0 Å². The minimum absolute atomic E-state index is 0.00667. The van der Waals surface area contributed by atoms with Crippen LogP contribution < -0.4 is 15.8 Å². The Bertz CT molecular complexity index is 936. The van der Waals surface area contributed by atoms with E-state index < -0.39 is 5.97 Å². The SMILES string of the molecule is O=C([O-])CCCn1c(O)c(C=C2N=c3ccccc3=N2)sc1=S. The van der Waals surface area contributed by atoms with Gasteiger partial charge in [-0.15, -0.1) is 11.3 Å². The standard InChI is InChI=1S/C15H13N3O3S2/c19-13(20)6-3-7-18-14(21)11(23-15(18)22)8-12-16-9-4-1-2-5-10(9)17-12/h1-2,4-5,8,21H,3,6-7H2,(H,19,20)/p-1. The molecule has 2 heterocycles. The summed E-state index contributed by atoms with van der Waals surface area (Å²) in [5.41, 5.74) is 0. The van der Waals surface area contributed by atoms with Crippen LogP contribution in [0.5, 0.6) is 5.88 Å². The van der Waals surface area contributed by atoms with Gasteiger partial charge in [0.2, 0.25) is 5.88 Å². The first-order valence-corrected chi connectivity index (χ1v) is 8.14. The zero-order valence-electron chi connectivity index (χ0n) is 11.9. The third-order valence-corrected chi connectivity index (χ3v) is 4.65. The van der Waals surface area contributed by atoms with Gasteiger partial charge in [0.05, 0.1) is 15.6 Å². The van der Waals surface area contributed by atoms with Gasteiger partial charge in [-0.25, -0.2) is 9.98 Å². The van der Waals surface area contributed by atoms with E-state index in [0.717, 1.165) is 10.7 Å². The van der Waals surface area contributed by atoms with Gasteiger partial charge >= 0.3 is 0 Å². The minimum Gasteiger partial charge on any atom is -0.550 e. The number of benzene rings is 1. The predicted octanol–water partition coefficient (Wildman–Crippen LogP) is 0.766. The normalized spacial score (nSPS) is 12.4. The van der Waals surface area contributed by atoms with Gasteiger partial charge in [0.25, 0.3) is 0 Å². The Morgan fingerprint density at radius 2 is 2.00 bits per heavy atom. The molecule has 1 aromatic carbocycles. The van der Waals surface area contributed by atoms with E-state index in [2.05, 4.69) is 9.98 Å². The van der Waals surface area contributed by atoms with E-state index in [9.17, 15) is 15.0 Å². The number of fused-ring (bicyclic) bond motifs is 1. The third kappa shape index (κ3) is 3.38. The summed E-state index contributed by atoms with van der Waals surface area (Å²) in [6, 6.07) is 7.51. The molecule has 0 amide bonds. The number of carbonyl (C=O) groups is 1. The summed E-state index contributed by atoms with van der Waals surface area (Å²) in [6.45, 7) is 0.326. The molecule has 0 saturated carbocycles. The van der Waals surface area contributed by atoms with Crippen molar-refractivity contribution in [3.8, 4) is 5.88 Å². The zero-order chi connectivity index (χ0) is 16.4. The maximum atomic E-state index is 10.5. The number of rotatable bonds is 5. The summed E-state index contributed by atoms with van der Waals surface area (Å²) < 4.78 is 1.99. The highest BCUT2D eigenvalue weighted by Crippen LogP contribution is 2.29. The van der Waals surface area contributed by atoms with Gasteiger partial charge in [-0.05, 0) is 37.2 Å². The second-order valence-electron chi connectivity index (χ2n) is 4.90. The number of aliphatic carboxylic acids is 1. The topological polar surface area (TPSA) is 90.0 Å². The Labute approximate surface area is 140 Å². The van der Waals surface area contributed by atoms with Crippen LogP contribution in [0, 0.1) is 3.95 Å². The van der Waals surface area contributed by atoms with Crippen molar-refractivity contribution in [1.29, 1.82) is 0 Å². The van der Waals surface area contributed by atoms with Gasteiger partial charge in [-0.2, -0.15) is 0 Å². The molecule has 8 heteroatoms. The van der Waals surface area contributed by atoms with Crippen LogP contribution in [-0.4, -0.2) is 15.6 Å². The Kier molecular flexibility index (Phi) is 4.35. The molecule has 6 nitrogen and oxygen atoms in total. The lowest BCUT2D eigenvalue weighted by Crippen LogP contribution is -2.22. The molecule has 0 spiro atoms. The fraction of sp³-hybridized carbons (Fsp3) is 0.200. The van der Waals surface area contributed by atoms with Crippen LogP contribution in [-0.2, 0) is 11.3 Å². The second kappa shape index (κ2) is 6.43. The maximum Gasteiger partial charge on any atom is 0.210 e. The van der Waals surface area contributed by atoms with Crippen molar-refractivity contribution in [3.63, 3.8) is 0 Å². The summed E-state index contributed by atoms with van der Waals surface area (Å²) in [5, 5.41) is 22.3. The van der Waals surface area contributed by atoms with Crippen molar-refractivity contribution in [1.82, 2.24) is 4.57 Å². The molecule has 1 N–H and O–H groups in total. The molecule has 0 fully saturated rings. The first kappa shape index (κ1) is 15.6. The van der Waals surface area contributed by atoms with E-state index in [1.54, 1.807) is 6.08 Å². The van der Waals surface area contributed by atoms with Gasteiger partial charge in [-0.1, -0.05) is 12.1 Å². The van der Waals surface area contributed by atoms with E-state index in [1.807, 2.05) is 24.3 Å². The van der Waals surface area contributed by atoms with Crippen LogP contribution in [0.1, 0.15) is 17.7 Å². The maximum absolute atomic E-state index is 10.5. The number of hydrogen-bond donors (Lipinski definition) is 1.